The third-order valence-electron chi connectivity index (χ3n) is 5.17. The lowest BCUT2D eigenvalue weighted by molar-refractivity contribution is -0.141. The maximum absolute atomic E-state index is 12.6. The number of nitrogens with one attached hydrogen (secondary N) is 1. The number of carbonyl (C=O) groups excluding carboxylic acids is 2. The zero-order valence-corrected chi connectivity index (χ0v) is 14.8. The van der Waals surface area contributed by atoms with Gasteiger partial charge >= 0.3 is 0 Å². The molecular formula is C19H27N3O3. The molecule has 0 saturated carbocycles. The number of hydrogen-bond acceptors (Lipinski definition) is 4. The number of nitrogens with zero attached hydrogens (tertiary/aromatic N) is 2. The fourth-order valence-electron chi connectivity index (χ4n) is 3.51. The number of amides is 2. The standard InChI is InChI=1S/C19H27N3O3/c1-15(18(23)20-17-5-3-2-4-6-17)21-9-7-16(8-10-21)19(24)22-11-13-25-14-12-22/h2-6,15-16H,7-14H2,1H3,(H,20,23). The highest BCUT2D eigenvalue weighted by Gasteiger charge is 2.32. The van der Waals surface area contributed by atoms with Gasteiger partial charge in [-0.3, -0.25) is 14.5 Å². The summed E-state index contributed by atoms with van der Waals surface area (Å²) in [6.07, 6.45) is 1.64. The predicted octanol–water partition coefficient (Wildman–Crippen LogP) is 1.58. The van der Waals surface area contributed by atoms with Gasteiger partial charge in [-0.15, -0.1) is 0 Å². The second-order valence-electron chi connectivity index (χ2n) is 6.78. The Kier molecular flexibility index (Phi) is 6.04. The van der Waals surface area contributed by atoms with Crippen LogP contribution in [0.5, 0.6) is 0 Å². The zero-order valence-electron chi connectivity index (χ0n) is 14.8. The van der Waals surface area contributed by atoms with E-state index in [1.165, 1.54) is 0 Å². The summed E-state index contributed by atoms with van der Waals surface area (Å²) in [4.78, 5) is 29.1. The normalized spacial score (nSPS) is 20.9. The minimum absolute atomic E-state index is 0.00385. The Morgan fingerprint density at radius 1 is 1.08 bits per heavy atom. The molecule has 136 valence electrons. The summed E-state index contributed by atoms with van der Waals surface area (Å²) in [5, 5.41) is 2.95. The SMILES string of the molecule is CC(C(=O)Nc1ccccc1)N1CCC(C(=O)N2CCOCC2)CC1. The number of piperidine rings is 1. The lowest BCUT2D eigenvalue weighted by atomic mass is 9.94. The molecule has 2 amide bonds. The zero-order chi connectivity index (χ0) is 17.6. The van der Waals surface area contributed by atoms with Crippen LogP contribution in [0.25, 0.3) is 0 Å². The number of rotatable bonds is 4. The van der Waals surface area contributed by atoms with Gasteiger partial charge in [0.15, 0.2) is 0 Å². The van der Waals surface area contributed by atoms with Crippen LogP contribution in [0.4, 0.5) is 5.69 Å². The van der Waals surface area contributed by atoms with E-state index in [1.807, 2.05) is 42.2 Å². The van der Waals surface area contributed by atoms with Gasteiger partial charge in [0.1, 0.15) is 0 Å². The number of benzene rings is 1. The van der Waals surface area contributed by atoms with E-state index in [0.29, 0.717) is 26.3 Å². The van der Waals surface area contributed by atoms with E-state index in [-0.39, 0.29) is 23.8 Å². The molecule has 1 atom stereocenters. The van der Waals surface area contributed by atoms with Crippen LogP contribution in [0.1, 0.15) is 19.8 Å². The van der Waals surface area contributed by atoms with Crippen molar-refractivity contribution in [2.75, 3.05) is 44.7 Å². The number of likely N-dealkylation sites (tertiary alicyclic amines) is 1. The molecule has 25 heavy (non-hydrogen) atoms. The average molecular weight is 345 g/mol. The van der Waals surface area contributed by atoms with Gasteiger partial charge < -0.3 is 15.0 Å². The molecule has 6 nitrogen and oxygen atoms in total. The van der Waals surface area contributed by atoms with E-state index in [0.717, 1.165) is 31.6 Å². The highest BCUT2D eigenvalue weighted by Crippen LogP contribution is 2.22. The third kappa shape index (κ3) is 4.58. The maximum atomic E-state index is 12.6. The quantitative estimate of drug-likeness (QED) is 0.900. The Balaban J connectivity index is 1.47. The highest BCUT2D eigenvalue weighted by atomic mass is 16.5. The van der Waals surface area contributed by atoms with Gasteiger partial charge in [-0.1, -0.05) is 18.2 Å². The number of morpholine rings is 1. The van der Waals surface area contributed by atoms with Crippen molar-refractivity contribution in [1.82, 2.24) is 9.80 Å². The van der Waals surface area contributed by atoms with Crippen LogP contribution in [-0.2, 0) is 14.3 Å². The number of anilines is 1. The first-order valence-electron chi connectivity index (χ1n) is 9.11. The average Bonchev–Trinajstić information content (AvgIpc) is 2.68. The van der Waals surface area contributed by atoms with Crippen LogP contribution in [0.3, 0.4) is 0 Å². The summed E-state index contributed by atoms with van der Waals surface area (Å²) in [5.74, 6) is 0.340. The van der Waals surface area contributed by atoms with Gasteiger partial charge in [-0.05, 0) is 45.0 Å². The van der Waals surface area contributed by atoms with E-state index in [4.69, 9.17) is 4.74 Å². The lowest BCUT2D eigenvalue weighted by Gasteiger charge is -2.37. The number of para-hydroxylation sites is 1. The Bertz CT molecular complexity index is 579. The molecular weight excluding hydrogens is 318 g/mol. The summed E-state index contributed by atoms with van der Waals surface area (Å²) in [6, 6.07) is 9.32. The largest absolute Gasteiger partial charge is 0.378 e. The van der Waals surface area contributed by atoms with E-state index in [9.17, 15) is 9.59 Å². The number of hydrogen-bond donors (Lipinski definition) is 1. The fraction of sp³-hybridized carbons (Fsp3) is 0.579. The molecule has 3 rings (SSSR count). The molecule has 6 heteroatoms. The Labute approximate surface area is 149 Å². The molecule has 2 aliphatic heterocycles. The highest BCUT2D eigenvalue weighted by molar-refractivity contribution is 5.94. The molecule has 2 aliphatic rings. The van der Waals surface area contributed by atoms with Crippen molar-refractivity contribution in [3.05, 3.63) is 30.3 Å². The third-order valence-corrected chi connectivity index (χ3v) is 5.17. The Hall–Kier alpha value is -1.92. The van der Waals surface area contributed by atoms with E-state index in [2.05, 4.69) is 10.2 Å². The van der Waals surface area contributed by atoms with Crippen LogP contribution in [-0.4, -0.2) is 67.0 Å². The molecule has 0 radical (unpaired) electrons. The first-order chi connectivity index (χ1) is 12.1. The summed E-state index contributed by atoms with van der Waals surface area (Å²) < 4.78 is 5.31. The number of carbonyl (C=O) groups is 2. The molecule has 1 unspecified atom stereocenters. The predicted molar refractivity (Wildman–Crippen MR) is 96.2 cm³/mol. The molecule has 0 aliphatic carbocycles. The van der Waals surface area contributed by atoms with Gasteiger partial charge in [0.25, 0.3) is 0 Å². The van der Waals surface area contributed by atoms with Crippen molar-refractivity contribution < 1.29 is 14.3 Å². The van der Waals surface area contributed by atoms with Crippen LogP contribution in [0.15, 0.2) is 30.3 Å². The van der Waals surface area contributed by atoms with Gasteiger partial charge in [0.05, 0.1) is 19.3 Å². The molecule has 0 spiro atoms. The van der Waals surface area contributed by atoms with Gasteiger partial charge in [0.2, 0.25) is 11.8 Å². The lowest BCUT2D eigenvalue weighted by Crippen LogP contribution is -2.50. The Morgan fingerprint density at radius 2 is 1.72 bits per heavy atom. The van der Waals surface area contributed by atoms with Crippen molar-refractivity contribution in [3.8, 4) is 0 Å². The minimum atomic E-state index is -0.195. The molecule has 2 fully saturated rings. The van der Waals surface area contributed by atoms with E-state index < -0.39 is 0 Å². The topological polar surface area (TPSA) is 61.9 Å². The van der Waals surface area contributed by atoms with Crippen LogP contribution >= 0.6 is 0 Å². The fourth-order valence-corrected chi connectivity index (χ4v) is 3.51. The van der Waals surface area contributed by atoms with Crippen molar-refractivity contribution in [2.45, 2.75) is 25.8 Å². The second kappa shape index (κ2) is 8.45. The second-order valence-corrected chi connectivity index (χ2v) is 6.78. The number of ether oxygens (including phenoxy) is 1. The molecule has 2 saturated heterocycles. The molecule has 1 aromatic rings. The summed E-state index contributed by atoms with van der Waals surface area (Å²) in [7, 11) is 0. The van der Waals surface area contributed by atoms with Crippen molar-refractivity contribution in [2.24, 2.45) is 5.92 Å². The van der Waals surface area contributed by atoms with Crippen molar-refractivity contribution >= 4 is 17.5 Å². The molecule has 1 N–H and O–H groups in total. The van der Waals surface area contributed by atoms with Gasteiger partial charge in [0, 0.05) is 24.7 Å². The maximum Gasteiger partial charge on any atom is 0.241 e. The van der Waals surface area contributed by atoms with Gasteiger partial charge in [-0.25, -0.2) is 0 Å². The van der Waals surface area contributed by atoms with Crippen LogP contribution in [0.2, 0.25) is 0 Å². The Morgan fingerprint density at radius 3 is 2.36 bits per heavy atom. The molecule has 0 bridgehead atoms. The summed E-state index contributed by atoms with van der Waals surface area (Å²) in [6.45, 7) is 6.18. The molecule has 0 aromatic heterocycles. The van der Waals surface area contributed by atoms with E-state index >= 15 is 0 Å². The first kappa shape index (κ1) is 17.9. The monoisotopic (exact) mass is 345 g/mol. The first-order valence-corrected chi connectivity index (χ1v) is 9.11. The van der Waals surface area contributed by atoms with Gasteiger partial charge in [-0.2, -0.15) is 0 Å². The van der Waals surface area contributed by atoms with Crippen molar-refractivity contribution in [3.63, 3.8) is 0 Å². The van der Waals surface area contributed by atoms with Crippen LogP contribution in [0, 0.1) is 5.92 Å². The van der Waals surface area contributed by atoms with Crippen molar-refractivity contribution in [1.29, 1.82) is 0 Å². The van der Waals surface area contributed by atoms with Crippen LogP contribution < -0.4 is 5.32 Å². The molecule has 2 heterocycles. The molecule has 1 aromatic carbocycles. The van der Waals surface area contributed by atoms with E-state index in [1.54, 1.807) is 0 Å². The summed E-state index contributed by atoms with van der Waals surface area (Å²) in [5.41, 5.74) is 0.816. The summed E-state index contributed by atoms with van der Waals surface area (Å²) >= 11 is 0. The smallest absolute Gasteiger partial charge is 0.241 e. The minimum Gasteiger partial charge on any atom is -0.378 e.